The highest BCUT2D eigenvalue weighted by Crippen LogP contribution is 2.20. The van der Waals surface area contributed by atoms with Crippen LogP contribution in [0.4, 0.5) is 0 Å². The molecule has 5 nitrogen and oxygen atoms in total. The van der Waals surface area contributed by atoms with Crippen molar-refractivity contribution in [2.45, 2.75) is 19.4 Å². The van der Waals surface area contributed by atoms with Gasteiger partial charge in [0.15, 0.2) is 11.6 Å². The molecule has 3 aromatic rings. The third kappa shape index (κ3) is 2.53. The minimum Gasteiger partial charge on any atom is -0.394 e. The number of fused-ring (bicyclic) bond motifs is 1. The molecule has 1 heterocycles. The molecule has 0 fully saturated rings. The van der Waals surface area contributed by atoms with Crippen LogP contribution < -0.4 is 5.73 Å². The molecule has 1 aromatic heterocycles. The number of aliphatic hydroxyl groups is 1. The molecular formula is C16H18N4O. The Kier molecular flexibility index (Phi) is 3.68. The van der Waals surface area contributed by atoms with Crippen molar-refractivity contribution >= 4 is 10.8 Å². The number of nitrogens with two attached hydrogens (primary N) is 1. The Hall–Kier alpha value is -2.24. The molecule has 0 radical (unpaired) electrons. The first-order valence-electron chi connectivity index (χ1n) is 7.04. The monoisotopic (exact) mass is 282 g/mol. The summed E-state index contributed by atoms with van der Waals surface area (Å²) in [6.45, 7) is 1.84. The molecular weight excluding hydrogens is 264 g/mol. The highest BCUT2D eigenvalue weighted by atomic mass is 16.3. The van der Waals surface area contributed by atoms with Crippen LogP contribution in [0.15, 0.2) is 42.5 Å². The molecule has 0 bridgehead atoms. The first-order chi connectivity index (χ1) is 10.2. The van der Waals surface area contributed by atoms with E-state index < -0.39 is 6.04 Å². The molecule has 0 saturated carbocycles. The van der Waals surface area contributed by atoms with E-state index >= 15 is 0 Å². The van der Waals surface area contributed by atoms with Crippen LogP contribution in [0.5, 0.6) is 0 Å². The van der Waals surface area contributed by atoms with Crippen molar-refractivity contribution in [3.63, 3.8) is 0 Å². The lowest BCUT2D eigenvalue weighted by Gasteiger charge is -2.10. The molecule has 108 valence electrons. The summed E-state index contributed by atoms with van der Waals surface area (Å²) < 4.78 is 1.73. The highest BCUT2D eigenvalue weighted by molar-refractivity contribution is 5.84. The third-order valence-electron chi connectivity index (χ3n) is 3.50. The average Bonchev–Trinajstić information content (AvgIpc) is 2.98. The third-order valence-corrected chi connectivity index (χ3v) is 3.50. The van der Waals surface area contributed by atoms with Gasteiger partial charge < -0.3 is 10.8 Å². The number of hydrogen-bond acceptors (Lipinski definition) is 4. The molecule has 3 rings (SSSR count). The van der Waals surface area contributed by atoms with E-state index in [-0.39, 0.29) is 6.61 Å². The Balaban J connectivity index is 2.14. The van der Waals surface area contributed by atoms with Gasteiger partial charge in [0.1, 0.15) is 0 Å². The fourth-order valence-corrected chi connectivity index (χ4v) is 2.34. The number of aliphatic hydroxyl groups excluding tert-OH is 1. The second-order valence-corrected chi connectivity index (χ2v) is 4.97. The molecule has 0 amide bonds. The van der Waals surface area contributed by atoms with Gasteiger partial charge in [0, 0.05) is 6.42 Å². The second-order valence-electron chi connectivity index (χ2n) is 4.97. The molecule has 21 heavy (non-hydrogen) atoms. The van der Waals surface area contributed by atoms with E-state index in [0.29, 0.717) is 5.82 Å². The van der Waals surface area contributed by atoms with Gasteiger partial charge in [0.05, 0.1) is 18.3 Å². The van der Waals surface area contributed by atoms with Crippen molar-refractivity contribution in [2.24, 2.45) is 5.73 Å². The van der Waals surface area contributed by atoms with Crippen LogP contribution in [-0.2, 0) is 6.42 Å². The molecule has 0 aliphatic heterocycles. The number of nitrogens with zero attached hydrogens (tertiary/aromatic N) is 3. The van der Waals surface area contributed by atoms with E-state index in [2.05, 4.69) is 28.3 Å². The maximum Gasteiger partial charge on any atom is 0.151 e. The van der Waals surface area contributed by atoms with Gasteiger partial charge in [0.25, 0.3) is 0 Å². The SMILES string of the molecule is CCc1nc([C@H](N)CO)n(-c2ccc3ccccc3c2)n1. The highest BCUT2D eigenvalue weighted by Gasteiger charge is 2.17. The number of hydrogen-bond donors (Lipinski definition) is 2. The van der Waals surface area contributed by atoms with Crippen LogP contribution in [0, 0.1) is 0 Å². The zero-order chi connectivity index (χ0) is 14.8. The van der Waals surface area contributed by atoms with Crippen LogP contribution in [0.25, 0.3) is 16.5 Å². The van der Waals surface area contributed by atoms with E-state index in [9.17, 15) is 5.11 Å². The van der Waals surface area contributed by atoms with Gasteiger partial charge in [-0.25, -0.2) is 9.67 Å². The molecule has 0 saturated heterocycles. The van der Waals surface area contributed by atoms with Crippen LogP contribution in [0.1, 0.15) is 24.6 Å². The molecule has 0 unspecified atom stereocenters. The molecule has 0 aliphatic carbocycles. The smallest absolute Gasteiger partial charge is 0.151 e. The second kappa shape index (κ2) is 5.63. The van der Waals surface area contributed by atoms with Crippen molar-refractivity contribution in [2.75, 3.05) is 6.61 Å². The minimum absolute atomic E-state index is 0.157. The number of aromatic nitrogens is 3. The van der Waals surface area contributed by atoms with E-state index in [0.717, 1.165) is 23.3 Å². The van der Waals surface area contributed by atoms with Gasteiger partial charge in [-0.1, -0.05) is 37.3 Å². The maximum absolute atomic E-state index is 9.31. The summed E-state index contributed by atoms with van der Waals surface area (Å²) in [6.07, 6.45) is 0.728. The Morgan fingerprint density at radius 2 is 1.95 bits per heavy atom. The molecule has 0 aliphatic rings. The average molecular weight is 282 g/mol. The predicted octanol–water partition coefficient (Wildman–Crippen LogP) is 1.97. The summed E-state index contributed by atoms with van der Waals surface area (Å²) in [5, 5.41) is 16.1. The molecule has 0 spiro atoms. The van der Waals surface area contributed by atoms with Gasteiger partial charge in [-0.05, 0) is 22.9 Å². The largest absolute Gasteiger partial charge is 0.394 e. The standard InChI is InChI=1S/C16H18N4O/c1-2-15-18-16(14(17)10-21)20(19-15)13-8-7-11-5-3-4-6-12(11)9-13/h3-9,14,21H,2,10,17H2,1H3/t14-/m1/s1. The van der Waals surface area contributed by atoms with Gasteiger partial charge in [0.2, 0.25) is 0 Å². The number of rotatable bonds is 4. The predicted molar refractivity (Wildman–Crippen MR) is 82.3 cm³/mol. The van der Waals surface area contributed by atoms with Crippen molar-refractivity contribution in [3.05, 3.63) is 54.1 Å². The molecule has 2 aromatic carbocycles. The van der Waals surface area contributed by atoms with Gasteiger partial charge >= 0.3 is 0 Å². The van der Waals surface area contributed by atoms with Crippen molar-refractivity contribution in [1.82, 2.24) is 14.8 Å². The molecule has 1 atom stereocenters. The van der Waals surface area contributed by atoms with Crippen molar-refractivity contribution in [1.29, 1.82) is 0 Å². The van der Waals surface area contributed by atoms with E-state index in [1.54, 1.807) is 4.68 Å². The van der Waals surface area contributed by atoms with Gasteiger partial charge in [-0.2, -0.15) is 5.10 Å². The van der Waals surface area contributed by atoms with Crippen LogP contribution in [0.3, 0.4) is 0 Å². The molecule has 5 heteroatoms. The summed E-state index contributed by atoms with van der Waals surface area (Å²) in [7, 11) is 0. The Bertz CT molecular complexity index is 766. The lowest BCUT2D eigenvalue weighted by Crippen LogP contribution is -2.19. The Morgan fingerprint density at radius 1 is 1.19 bits per heavy atom. The maximum atomic E-state index is 9.31. The number of benzene rings is 2. The Morgan fingerprint density at radius 3 is 2.67 bits per heavy atom. The lowest BCUT2D eigenvalue weighted by atomic mass is 10.1. The Labute approximate surface area is 123 Å². The normalized spacial score (nSPS) is 12.7. The summed E-state index contributed by atoms with van der Waals surface area (Å²) in [6, 6.07) is 13.7. The van der Waals surface area contributed by atoms with Gasteiger partial charge in [-0.3, -0.25) is 0 Å². The van der Waals surface area contributed by atoms with E-state index in [4.69, 9.17) is 5.73 Å². The van der Waals surface area contributed by atoms with Crippen LogP contribution >= 0.6 is 0 Å². The minimum atomic E-state index is -0.538. The summed E-state index contributed by atoms with van der Waals surface area (Å²) in [5.41, 5.74) is 6.84. The van der Waals surface area contributed by atoms with Gasteiger partial charge in [-0.15, -0.1) is 0 Å². The zero-order valence-electron chi connectivity index (χ0n) is 11.9. The molecule has 3 N–H and O–H groups in total. The summed E-state index contributed by atoms with van der Waals surface area (Å²) in [4.78, 5) is 4.42. The fourth-order valence-electron chi connectivity index (χ4n) is 2.34. The van der Waals surface area contributed by atoms with Crippen molar-refractivity contribution < 1.29 is 5.11 Å². The summed E-state index contributed by atoms with van der Waals surface area (Å²) in [5.74, 6) is 1.31. The zero-order valence-corrected chi connectivity index (χ0v) is 11.9. The van der Waals surface area contributed by atoms with Crippen LogP contribution in [-0.4, -0.2) is 26.5 Å². The van der Waals surface area contributed by atoms with E-state index in [1.807, 2.05) is 31.2 Å². The lowest BCUT2D eigenvalue weighted by molar-refractivity contribution is 0.262. The van der Waals surface area contributed by atoms with E-state index in [1.165, 1.54) is 5.39 Å². The summed E-state index contributed by atoms with van der Waals surface area (Å²) >= 11 is 0. The topological polar surface area (TPSA) is 77.0 Å². The van der Waals surface area contributed by atoms with Crippen molar-refractivity contribution in [3.8, 4) is 5.69 Å². The first kappa shape index (κ1) is 13.7. The fraction of sp³-hybridized carbons (Fsp3) is 0.250. The first-order valence-corrected chi connectivity index (χ1v) is 7.04. The van der Waals surface area contributed by atoms with Crippen LogP contribution in [0.2, 0.25) is 0 Å². The quantitative estimate of drug-likeness (QED) is 0.767. The number of aryl methyl sites for hydroxylation is 1.